The molecular formula is C17H21FN4O4. The van der Waals surface area contributed by atoms with Crippen LogP contribution in [0.15, 0.2) is 22.7 Å². The van der Waals surface area contributed by atoms with Crippen molar-refractivity contribution in [3.63, 3.8) is 0 Å². The summed E-state index contributed by atoms with van der Waals surface area (Å²) in [6, 6.07) is 3.89. The summed E-state index contributed by atoms with van der Waals surface area (Å²) >= 11 is 0. The number of nitrogens with one attached hydrogen (secondary N) is 1. The van der Waals surface area contributed by atoms with E-state index < -0.39 is 5.82 Å². The number of urea groups is 1. The fourth-order valence-electron chi connectivity index (χ4n) is 2.69. The molecule has 1 fully saturated rings. The standard InChI is InChI=1S/C17H21FN4O4/c1-3-16-20-15(21-26-16)9-12-10-22(6-7-25-12)17(23)19-11-4-5-13(18)14(8-11)24-2/h4-5,8,12H,3,6-7,9-10H2,1-2H3,(H,19,23). The average Bonchev–Trinajstić information content (AvgIpc) is 3.11. The van der Waals surface area contributed by atoms with Gasteiger partial charge in [-0.3, -0.25) is 0 Å². The maximum Gasteiger partial charge on any atom is 0.322 e. The van der Waals surface area contributed by atoms with E-state index in [1.165, 1.54) is 25.3 Å². The lowest BCUT2D eigenvalue weighted by atomic mass is 10.2. The fourth-order valence-corrected chi connectivity index (χ4v) is 2.69. The van der Waals surface area contributed by atoms with Crippen LogP contribution in [0.2, 0.25) is 0 Å². The lowest BCUT2D eigenvalue weighted by Crippen LogP contribution is -2.48. The average molecular weight is 364 g/mol. The Kier molecular flexibility index (Phi) is 5.67. The van der Waals surface area contributed by atoms with Crippen LogP contribution in [0.3, 0.4) is 0 Å². The largest absolute Gasteiger partial charge is 0.494 e. The molecule has 26 heavy (non-hydrogen) atoms. The molecule has 140 valence electrons. The van der Waals surface area contributed by atoms with E-state index in [1.54, 1.807) is 4.90 Å². The summed E-state index contributed by atoms with van der Waals surface area (Å²) in [6.45, 7) is 3.22. The molecule has 1 atom stereocenters. The maximum atomic E-state index is 13.5. The van der Waals surface area contributed by atoms with E-state index in [9.17, 15) is 9.18 Å². The molecule has 2 aromatic rings. The van der Waals surface area contributed by atoms with E-state index in [0.717, 1.165) is 0 Å². The number of carbonyl (C=O) groups excluding carboxylic acids is 1. The quantitative estimate of drug-likeness (QED) is 0.875. The lowest BCUT2D eigenvalue weighted by molar-refractivity contribution is -0.0125. The van der Waals surface area contributed by atoms with Gasteiger partial charge in [0, 0.05) is 37.7 Å². The Balaban J connectivity index is 1.59. The second kappa shape index (κ2) is 8.13. The number of carbonyl (C=O) groups is 1. The van der Waals surface area contributed by atoms with Crippen LogP contribution in [0.25, 0.3) is 0 Å². The monoisotopic (exact) mass is 364 g/mol. The summed E-state index contributed by atoms with van der Waals surface area (Å²) < 4.78 is 29.2. The Hall–Kier alpha value is -2.68. The van der Waals surface area contributed by atoms with Gasteiger partial charge in [0.05, 0.1) is 19.8 Å². The predicted octanol–water partition coefficient (Wildman–Crippen LogP) is 2.26. The Morgan fingerprint density at radius 3 is 3.08 bits per heavy atom. The van der Waals surface area contributed by atoms with Crippen molar-refractivity contribution in [2.24, 2.45) is 0 Å². The van der Waals surface area contributed by atoms with Crippen LogP contribution in [-0.2, 0) is 17.6 Å². The highest BCUT2D eigenvalue weighted by atomic mass is 19.1. The number of halogens is 1. The number of aromatic nitrogens is 2. The van der Waals surface area contributed by atoms with E-state index >= 15 is 0 Å². The van der Waals surface area contributed by atoms with Gasteiger partial charge in [-0.15, -0.1) is 0 Å². The second-order valence-electron chi connectivity index (χ2n) is 5.88. The predicted molar refractivity (Wildman–Crippen MR) is 90.7 cm³/mol. The first-order valence-corrected chi connectivity index (χ1v) is 8.41. The van der Waals surface area contributed by atoms with Crippen molar-refractivity contribution in [2.45, 2.75) is 25.9 Å². The molecule has 2 amide bonds. The third-order valence-corrected chi connectivity index (χ3v) is 4.05. The maximum absolute atomic E-state index is 13.5. The van der Waals surface area contributed by atoms with Gasteiger partial charge in [-0.05, 0) is 12.1 Å². The highest BCUT2D eigenvalue weighted by Crippen LogP contribution is 2.22. The van der Waals surface area contributed by atoms with Gasteiger partial charge in [0.1, 0.15) is 0 Å². The number of rotatable bonds is 5. The van der Waals surface area contributed by atoms with Crippen molar-refractivity contribution in [1.29, 1.82) is 0 Å². The smallest absolute Gasteiger partial charge is 0.322 e. The number of methoxy groups -OCH3 is 1. The summed E-state index contributed by atoms with van der Waals surface area (Å²) in [4.78, 5) is 18.4. The van der Waals surface area contributed by atoms with Crippen LogP contribution in [0, 0.1) is 5.82 Å². The van der Waals surface area contributed by atoms with Crippen LogP contribution < -0.4 is 10.1 Å². The molecule has 0 aliphatic carbocycles. The van der Waals surface area contributed by atoms with Crippen LogP contribution >= 0.6 is 0 Å². The first kappa shape index (κ1) is 18.1. The highest BCUT2D eigenvalue weighted by Gasteiger charge is 2.26. The molecule has 1 saturated heterocycles. The Morgan fingerprint density at radius 2 is 2.35 bits per heavy atom. The minimum atomic E-state index is -0.483. The van der Waals surface area contributed by atoms with E-state index in [2.05, 4.69) is 15.5 Å². The molecule has 3 rings (SSSR count). The number of nitrogens with zero attached hydrogens (tertiary/aromatic N) is 3. The molecule has 0 bridgehead atoms. The molecule has 1 aromatic heterocycles. The molecule has 1 N–H and O–H groups in total. The van der Waals surface area contributed by atoms with Crippen LogP contribution in [0.1, 0.15) is 18.6 Å². The zero-order valence-corrected chi connectivity index (χ0v) is 14.7. The molecule has 0 radical (unpaired) electrons. The number of benzene rings is 1. The van der Waals surface area contributed by atoms with E-state index in [4.69, 9.17) is 14.0 Å². The molecular weight excluding hydrogens is 343 g/mol. The topological polar surface area (TPSA) is 89.7 Å². The number of ether oxygens (including phenoxy) is 2. The van der Waals surface area contributed by atoms with E-state index in [-0.39, 0.29) is 17.9 Å². The van der Waals surface area contributed by atoms with Crippen LogP contribution in [0.5, 0.6) is 5.75 Å². The summed E-state index contributed by atoms with van der Waals surface area (Å²) in [5.41, 5.74) is 0.460. The fraction of sp³-hybridized carbons (Fsp3) is 0.471. The van der Waals surface area contributed by atoms with Gasteiger partial charge in [0.25, 0.3) is 0 Å². The van der Waals surface area contributed by atoms with Crippen molar-refractivity contribution in [3.05, 3.63) is 35.7 Å². The highest BCUT2D eigenvalue weighted by molar-refractivity contribution is 5.89. The third-order valence-electron chi connectivity index (χ3n) is 4.05. The van der Waals surface area contributed by atoms with Gasteiger partial charge < -0.3 is 24.2 Å². The van der Waals surface area contributed by atoms with Crippen molar-refractivity contribution < 1.29 is 23.2 Å². The molecule has 1 aliphatic heterocycles. The molecule has 9 heteroatoms. The first-order valence-electron chi connectivity index (χ1n) is 8.41. The molecule has 0 spiro atoms. The Morgan fingerprint density at radius 1 is 1.50 bits per heavy atom. The second-order valence-corrected chi connectivity index (χ2v) is 5.88. The van der Waals surface area contributed by atoms with Crippen molar-refractivity contribution in [1.82, 2.24) is 15.0 Å². The van der Waals surface area contributed by atoms with Gasteiger partial charge >= 0.3 is 6.03 Å². The number of aryl methyl sites for hydroxylation is 1. The molecule has 1 unspecified atom stereocenters. The van der Waals surface area contributed by atoms with Gasteiger partial charge in [-0.1, -0.05) is 12.1 Å². The normalized spacial score (nSPS) is 17.2. The lowest BCUT2D eigenvalue weighted by Gasteiger charge is -2.32. The third kappa shape index (κ3) is 4.29. The Bertz CT molecular complexity index is 767. The zero-order chi connectivity index (χ0) is 18.5. The number of morpholine rings is 1. The molecule has 1 aliphatic rings. The number of anilines is 1. The molecule has 1 aromatic carbocycles. The summed E-state index contributed by atoms with van der Waals surface area (Å²) in [7, 11) is 1.37. The van der Waals surface area contributed by atoms with Crippen molar-refractivity contribution >= 4 is 11.7 Å². The van der Waals surface area contributed by atoms with Crippen molar-refractivity contribution in [2.75, 3.05) is 32.1 Å². The zero-order valence-electron chi connectivity index (χ0n) is 14.7. The number of amides is 2. The van der Waals surface area contributed by atoms with Crippen LogP contribution in [-0.4, -0.2) is 54.0 Å². The minimum absolute atomic E-state index is 0.0755. The summed E-state index contributed by atoms with van der Waals surface area (Å²) in [5, 5.41) is 6.66. The van der Waals surface area contributed by atoms with Crippen molar-refractivity contribution in [3.8, 4) is 5.75 Å². The van der Waals surface area contributed by atoms with E-state index in [1.807, 2.05) is 6.92 Å². The van der Waals surface area contributed by atoms with Gasteiger partial charge in [-0.25, -0.2) is 9.18 Å². The number of hydrogen-bond acceptors (Lipinski definition) is 6. The SMILES string of the molecule is CCc1nc(CC2CN(C(=O)Nc3ccc(F)c(OC)c3)CCO2)no1. The van der Waals surface area contributed by atoms with Gasteiger partial charge in [0.15, 0.2) is 17.4 Å². The molecule has 8 nitrogen and oxygen atoms in total. The van der Waals surface area contributed by atoms with Crippen LogP contribution in [0.4, 0.5) is 14.9 Å². The Labute approximate surface area is 150 Å². The summed E-state index contributed by atoms with van der Waals surface area (Å²) in [5.74, 6) is 0.739. The molecule has 0 saturated carbocycles. The van der Waals surface area contributed by atoms with Gasteiger partial charge in [-0.2, -0.15) is 4.98 Å². The first-order chi connectivity index (χ1) is 12.6. The van der Waals surface area contributed by atoms with E-state index in [0.29, 0.717) is 49.9 Å². The van der Waals surface area contributed by atoms with Gasteiger partial charge in [0.2, 0.25) is 5.89 Å². The summed E-state index contributed by atoms with van der Waals surface area (Å²) in [6.07, 6.45) is 0.936. The molecule has 2 heterocycles. The number of hydrogen-bond donors (Lipinski definition) is 1. The minimum Gasteiger partial charge on any atom is -0.494 e.